The van der Waals surface area contributed by atoms with Gasteiger partial charge in [0.25, 0.3) is 0 Å². The van der Waals surface area contributed by atoms with E-state index in [1.807, 2.05) is 0 Å². The molecule has 0 aliphatic carbocycles. The van der Waals surface area contributed by atoms with Crippen LogP contribution in [0.3, 0.4) is 0 Å². The summed E-state index contributed by atoms with van der Waals surface area (Å²) in [5.74, 6) is 0.854. The summed E-state index contributed by atoms with van der Waals surface area (Å²) < 4.78 is 0. The lowest BCUT2D eigenvalue weighted by atomic mass is 9.74. The van der Waals surface area contributed by atoms with Gasteiger partial charge in [-0.15, -0.1) is 0 Å². The fourth-order valence-electron chi connectivity index (χ4n) is 3.13. The normalized spacial score (nSPS) is 22.1. The van der Waals surface area contributed by atoms with Gasteiger partial charge in [-0.25, -0.2) is 0 Å². The third-order valence-electron chi connectivity index (χ3n) is 4.11. The van der Waals surface area contributed by atoms with Crippen LogP contribution in [-0.4, -0.2) is 37.6 Å². The van der Waals surface area contributed by atoms with Crippen LogP contribution in [0, 0.1) is 11.3 Å². The first kappa shape index (κ1) is 15.0. The smallest absolute Gasteiger partial charge is 0.00358 e. The highest BCUT2D eigenvalue weighted by Gasteiger charge is 2.31. The van der Waals surface area contributed by atoms with E-state index in [0.717, 1.165) is 5.92 Å². The molecule has 1 aliphatic heterocycles. The Morgan fingerprint density at radius 3 is 2.29 bits per heavy atom. The van der Waals surface area contributed by atoms with E-state index in [4.69, 9.17) is 0 Å². The van der Waals surface area contributed by atoms with Gasteiger partial charge in [0.05, 0.1) is 0 Å². The fourth-order valence-corrected chi connectivity index (χ4v) is 3.13. The van der Waals surface area contributed by atoms with Crippen molar-refractivity contribution in [1.29, 1.82) is 0 Å². The molecule has 1 unspecified atom stereocenters. The first-order chi connectivity index (χ1) is 8.10. The van der Waals surface area contributed by atoms with E-state index in [1.54, 1.807) is 0 Å². The summed E-state index contributed by atoms with van der Waals surface area (Å²) in [5, 5.41) is 3.56. The van der Waals surface area contributed by atoms with Gasteiger partial charge in [0.15, 0.2) is 0 Å². The van der Waals surface area contributed by atoms with Crippen LogP contribution >= 0.6 is 0 Å². The molecule has 17 heavy (non-hydrogen) atoms. The quantitative estimate of drug-likeness (QED) is 0.735. The van der Waals surface area contributed by atoms with Crippen LogP contribution in [0.5, 0.6) is 0 Å². The van der Waals surface area contributed by atoms with E-state index in [1.165, 1.54) is 58.4 Å². The van der Waals surface area contributed by atoms with Crippen LogP contribution in [0.25, 0.3) is 0 Å². The lowest BCUT2D eigenvalue weighted by Crippen LogP contribution is -2.45. The Morgan fingerprint density at radius 1 is 1.18 bits per heavy atom. The molecule has 1 N–H and O–H groups in total. The molecule has 0 aromatic rings. The van der Waals surface area contributed by atoms with E-state index in [0.29, 0.717) is 5.41 Å². The van der Waals surface area contributed by atoms with Crippen LogP contribution in [-0.2, 0) is 0 Å². The molecule has 1 saturated heterocycles. The maximum Gasteiger partial charge on any atom is 0.00358 e. The lowest BCUT2D eigenvalue weighted by Gasteiger charge is -2.41. The van der Waals surface area contributed by atoms with Crippen molar-refractivity contribution in [3.63, 3.8) is 0 Å². The first-order valence-electron chi connectivity index (χ1n) is 7.53. The van der Waals surface area contributed by atoms with E-state index in [9.17, 15) is 0 Å². The molecular weight excluding hydrogens is 208 g/mol. The second kappa shape index (κ2) is 7.38. The molecule has 1 rings (SSSR count). The minimum Gasteiger partial charge on any atom is -0.316 e. The second-order valence-corrected chi connectivity index (χ2v) is 6.31. The summed E-state index contributed by atoms with van der Waals surface area (Å²) in [4.78, 5) is 2.66. The highest BCUT2D eigenvalue weighted by Crippen LogP contribution is 2.32. The molecule has 0 bridgehead atoms. The van der Waals surface area contributed by atoms with E-state index < -0.39 is 0 Å². The Bertz CT molecular complexity index is 189. The van der Waals surface area contributed by atoms with Gasteiger partial charge in [0.1, 0.15) is 0 Å². The maximum atomic E-state index is 3.56. The Hall–Kier alpha value is -0.0800. The van der Waals surface area contributed by atoms with Crippen molar-refractivity contribution >= 4 is 0 Å². The van der Waals surface area contributed by atoms with Gasteiger partial charge in [-0.05, 0) is 63.2 Å². The molecule has 0 spiro atoms. The molecular formula is C15H32N2. The molecule has 1 atom stereocenters. The number of hydrogen-bond acceptors (Lipinski definition) is 2. The zero-order valence-electron chi connectivity index (χ0n) is 12.4. The van der Waals surface area contributed by atoms with E-state index in [2.05, 4.69) is 37.9 Å². The number of nitrogens with zero attached hydrogens (tertiary/aromatic N) is 1. The Morgan fingerprint density at radius 2 is 1.82 bits per heavy atom. The standard InChI is InChI=1S/C15H32N2/c1-5-10-17(11-6-2)13-15(3,4)14-8-7-9-16-12-14/h14,16H,5-13H2,1-4H3. The van der Waals surface area contributed by atoms with Crippen LogP contribution in [0.1, 0.15) is 53.4 Å². The van der Waals surface area contributed by atoms with E-state index in [-0.39, 0.29) is 0 Å². The van der Waals surface area contributed by atoms with Gasteiger partial charge in [0.2, 0.25) is 0 Å². The maximum absolute atomic E-state index is 3.56. The number of rotatable bonds is 7. The van der Waals surface area contributed by atoms with Crippen LogP contribution < -0.4 is 5.32 Å². The first-order valence-corrected chi connectivity index (χ1v) is 7.53. The van der Waals surface area contributed by atoms with Crippen LogP contribution in [0.15, 0.2) is 0 Å². The van der Waals surface area contributed by atoms with Crippen molar-refractivity contribution in [2.45, 2.75) is 53.4 Å². The predicted molar refractivity (Wildman–Crippen MR) is 76.4 cm³/mol. The van der Waals surface area contributed by atoms with Gasteiger partial charge in [0, 0.05) is 6.54 Å². The molecule has 2 nitrogen and oxygen atoms in total. The lowest BCUT2D eigenvalue weighted by molar-refractivity contribution is 0.100. The molecule has 1 heterocycles. The number of nitrogens with one attached hydrogen (secondary N) is 1. The molecule has 0 radical (unpaired) electrons. The predicted octanol–water partition coefficient (Wildman–Crippen LogP) is 3.13. The summed E-state index contributed by atoms with van der Waals surface area (Å²) in [7, 11) is 0. The molecule has 2 heteroatoms. The van der Waals surface area contributed by atoms with Gasteiger partial charge in [-0.1, -0.05) is 27.7 Å². The average Bonchev–Trinajstić information content (AvgIpc) is 2.30. The zero-order valence-corrected chi connectivity index (χ0v) is 12.4. The summed E-state index contributed by atoms with van der Waals surface area (Å²) in [6.45, 7) is 15.7. The van der Waals surface area contributed by atoms with Crippen molar-refractivity contribution in [1.82, 2.24) is 10.2 Å². The Balaban J connectivity index is 2.48. The summed E-state index contributed by atoms with van der Waals surface area (Å²) in [6, 6.07) is 0. The van der Waals surface area contributed by atoms with Crippen molar-refractivity contribution < 1.29 is 0 Å². The minimum atomic E-state index is 0.456. The third-order valence-corrected chi connectivity index (χ3v) is 4.11. The summed E-state index contributed by atoms with van der Waals surface area (Å²) in [6.07, 6.45) is 5.32. The zero-order chi connectivity index (χ0) is 12.7. The van der Waals surface area contributed by atoms with Crippen molar-refractivity contribution in [2.24, 2.45) is 11.3 Å². The Kier molecular flexibility index (Phi) is 6.50. The Labute approximate surface area is 108 Å². The average molecular weight is 240 g/mol. The van der Waals surface area contributed by atoms with Crippen LogP contribution in [0.2, 0.25) is 0 Å². The van der Waals surface area contributed by atoms with Gasteiger partial charge < -0.3 is 10.2 Å². The molecule has 1 aliphatic rings. The van der Waals surface area contributed by atoms with Crippen LogP contribution in [0.4, 0.5) is 0 Å². The van der Waals surface area contributed by atoms with Gasteiger partial charge >= 0.3 is 0 Å². The number of hydrogen-bond donors (Lipinski definition) is 1. The molecule has 0 aromatic carbocycles. The molecule has 0 aromatic heterocycles. The van der Waals surface area contributed by atoms with Gasteiger partial charge in [-0.2, -0.15) is 0 Å². The number of piperidine rings is 1. The van der Waals surface area contributed by atoms with Crippen molar-refractivity contribution in [3.05, 3.63) is 0 Å². The van der Waals surface area contributed by atoms with E-state index >= 15 is 0 Å². The summed E-state index contributed by atoms with van der Waals surface area (Å²) in [5.41, 5.74) is 0.456. The van der Waals surface area contributed by atoms with Crippen molar-refractivity contribution in [3.8, 4) is 0 Å². The second-order valence-electron chi connectivity index (χ2n) is 6.31. The molecule has 0 amide bonds. The fraction of sp³-hybridized carbons (Fsp3) is 1.00. The SMILES string of the molecule is CCCN(CCC)CC(C)(C)C1CCCNC1. The highest BCUT2D eigenvalue weighted by molar-refractivity contribution is 4.85. The van der Waals surface area contributed by atoms with Gasteiger partial charge in [-0.3, -0.25) is 0 Å². The molecule has 102 valence electrons. The topological polar surface area (TPSA) is 15.3 Å². The minimum absolute atomic E-state index is 0.456. The largest absolute Gasteiger partial charge is 0.316 e. The summed E-state index contributed by atoms with van der Waals surface area (Å²) >= 11 is 0. The molecule has 1 fully saturated rings. The highest BCUT2D eigenvalue weighted by atomic mass is 15.1. The molecule has 0 saturated carbocycles. The monoisotopic (exact) mass is 240 g/mol. The van der Waals surface area contributed by atoms with Crippen molar-refractivity contribution in [2.75, 3.05) is 32.7 Å². The third kappa shape index (κ3) is 4.97.